The van der Waals surface area contributed by atoms with Crippen LogP contribution in [0.1, 0.15) is 6.42 Å². The Morgan fingerprint density at radius 1 is 1.15 bits per heavy atom. The Bertz CT molecular complexity index is 835. The van der Waals surface area contributed by atoms with Gasteiger partial charge in [-0.05, 0) is 18.2 Å². The summed E-state index contributed by atoms with van der Waals surface area (Å²) in [5.41, 5.74) is -0.297. The third-order valence-electron chi connectivity index (χ3n) is 3.95. The standard InChI is InChI=1S/C17H13ClF4N2O.ClH/c18-11-6-13(21)12(20)5-10(11)9-2-1-3-14(16(9)22)24-17(25)15-4-8(19)7-23-15;/h1-3,5-6,8,15,23H,4,7H2,(H,24,25);1H. The molecule has 0 spiro atoms. The van der Waals surface area contributed by atoms with E-state index >= 15 is 0 Å². The summed E-state index contributed by atoms with van der Waals surface area (Å²) in [6.45, 7) is 0.0606. The number of hydrogen-bond donors (Lipinski definition) is 2. The van der Waals surface area contributed by atoms with Crippen LogP contribution < -0.4 is 10.6 Å². The zero-order valence-electron chi connectivity index (χ0n) is 13.2. The lowest BCUT2D eigenvalue weighted by molar-refractivity contribution is -0.117. The van der Waals surface area contributed by atoms with Crippen LogP contribution in [-0.4, -0.2) is 24.7 Å². The number of nitrogens with one attached hydrogen (secondary N) is 2. The molecule has 2 unspecified atom stereocenters. The Hall–Kier alpha value is -1.83. The largest absolute Gasteiger partial charge is 0.322 e. The lowest BCUT2D eigenvalue weighted by Crippen LogP contribution is -2.35. The molecule has 0 aromatic heterocycles. The molecule has 1 aliphatic heterocycles. The summed E-state index contributed by atoms with van der Waals surface area (Å²) in [4.78, 5) is 12.1. The van der Waals surface area contributed by atoms with Gasteiger partial charge < -0.3 is 10.6 Å². The average molecular weight is 409 g/mol. The molecule has 0 radical (unpaired) electrons. The topological polar surface area (TPSA) is 41.1 Å². The van der Waals surface area contributed by atoms with E-state index in [1.165, 1.54) is 18.2 Å². The fraction of sp³-hybridized carbons (Fsp3) is 0.235. The van der Waals surface area contributed by atoms with E-state index in [1.807, 2.05) is 0 Å². The normalized spacial score (nSPS) is 19.1. The maximum atomic E-state index is 14.7. The van der Waals surface area contributed by atoms with Crippen molar-refractivity contribution in [3.63, 3.8) is 0 Å². The van der Waals surface area contributed by atoms with Crippen molar-refractivity contribution < 1.29 is 22.4 Å². The molecule has 1 fully saturated rings. The van der Waals surface area contributed by atoms with Gasteiger partial charge in [-0.3, -0.25) is 4.79 Å². The predicted molar refractivity (Wildman–Crippen MR) is 93.9 cm³/mol. The molecular formula is C17H14Cl2F4N2O. The Balaban J connectivity index is 0.00000243. The van der Waals surface area contributed by atoms with Gasteiger partial charge >= 0.3 is 0 Å². The van der Waals surface area contributed by atoms with E-state index in [4.69, 9.17) is 11.6 Å². The van der Waals surface area contributed by atoms with Crippen molar-refractivity contribution in [1.29, 1.82) is 0 Å². The van der Waals surface area contributed by atoms with Crippen LogP contribution in [0.4, 0.5) is 23.2 Å². The highest BCUT2D eigenvalue weighted by Crippen LogP contribution is 2.34. The summed E-state index contributed by atoms with van der Waals surface area (Å²) in [5.74, 6) is -3.74. The van der Waals surface area contributed by atoms with E-state index in [1.54, 1.807) is 0 Å². The fourth-order valence-corrected chi connectivity index (χ4v) is 2.93. The van der Waals surface area contributed by atoms with Gasteiger partial charge in [0.05, 0.1) is 16.8 Å². The summed E-state index contributed by atoms with van der Waals surface area (Å²) in [6, 6.07) is 4.85. The number of benzene rings is 2. The molecule has 2 atom stereocenters. The molecule has 3 rings (SSSR count). The summed E-state index contributed by atoms with van der Waals surface area (Å²) >= 11 is 5.87. The highest BCUT2D eigenvalue weighted by Gasteiger charge is 2.29. The molecule has 2 aromatic carbocycles. The molecular weight excluding hydrogens is 395 g/mol. The maximum Gasteiger partial charge on any atom is 0.241 e. The first-order valence-corrected chi connectivity index (χ1v) is 7.86. The van der Waals surface area contributed by atoms with Crippen molar-refractivity contribution in [2.75, 3.05) is 11.9 Å². The van der Waals surface area contributed by atoms with E-state index < -0.39 is 35.6 Å². The van der Waals surface area contributed by atoms with E-state index in [0.717, 1.165) is 12.1 Å². The second kappa shape index (κ2) is 8.24. The quantitative estimate of drug-likeness (QED) is 0.580. The van der Waals surface area contributed by atoms with Crippen LogP contribution in [0.2, 0.25) is 5.02 Å². The molecule has 2 N–H and O–H groups in total. The fourth-order valence-electron chi connectivity index (χ4n) is 2.68. The van der Waals surface area contributed by atoms with Gasteiger partial charge in [-0.2, -0.15) is 0 Å². The van der Waals surface area contributed by atoms with Crippen LogP contribution in [0.15, 0.2) is 30.3 Å². The second-order valence-electron chi connectivity index (χ2n) is 5.70. The Morgan fingerprint density at radius 2 is 1.85 bits per heavy atom. The highest BCUT2D eigenvalue weighted by molar-refractivity contribution is 6.33. The molecule has 0 bridgehead atoms. The summed E-state index contributed by atoms with van der Waals surface area (Å²) in [7, 11) is 0. The van der Waals surface area contributed by atoms with E-state index in [9.17, 15) is 22.4 Å². The van der Waals surface area contributed by atoms with Gasteiger partial charge in [0, 0.05) is 24.1 Å². The monoisotopic (exact) mass is 408 g/mol. The van der Waals surface area contributed by atoms with Gasteiger partial charge in [0.2, 0.25) is 5.91 Å². The zero-order valence-corrected chi connectivity index (χ0v) is 14.7. The Labute approximate surface area is 158 Å². The van der Waals surface area contributed by atoms with Crippen LogP contribution in [0, 0.1) is 17.5 Å². The third kappa shape index (κ3) is 4.11. The zero-order chi connectivity index (χ0) is 18.1. The van der Waals surface area contributed by atoms with Crippen LogP contribution in [0.3, 0.4) is 0 Å². The van der Waals surface area contributed by atoms with Crippen molar-refractivity contribution in [3.05, 3.63) is 52.8 Å². The average Bonchev–Trinajstić information content (AvgIpc) is 3.00. The van der Waals surface area contributed by atoms with Crippen molar-refractivity contribution >= 4 is 35.6 Å². The SMILES string of the molecule is Cl.O=C(Nc1cccc(-c2cc(F)c(F)cc2Cl)c1F)C1CC(F)CN1. The molecule has 26 heavy (non-hydrogen) atoms. The van der Waals surface area contributed by atoms with Gasteiger partial charge in [-0.25, -0.2) is 17.6 Å². The molecule has 1 aliphatic rings. The molecule has 9 heteroatoms. The minimum atomic E-state index is -1.17. The molecule has 0 saturated carbocycles. The van der Waals surface area contributed by atoms with E-state index in [2.05, 4.69) is 10.6 Å². The van der Waals surface area contributed by atoms with Gasteiger partial charge in [-0.15, -0.1) is 12.4 Å². The first-order valence-electron chi connectivity index (χ1n) is 7.48. The smallest absolute Gasteiger partial charge is 0.241 e. The van der Waals surface area contributed by atoms with Gasteiger partial charge in [0.15, 0.2) is 17.5 Å². The Morgan fingerprint density at radius 3 is 2.50 bits per heavy atom. The van der Waals surface area contributed by atoms with Crippen molar-refractivity contribution in [3.8, 4) is 11.1 Å². The number of carbonyl (C=O) groups is 1. The molecule has 0 aliphatic carbocycles. The minimum absolute atomic E-state index is 0. The van der Waals surface area contributed by atoms with Crippen LogP contribution in [0.25, 0.3) is 11.1 Å². The lowest BCUT2D eigenvalue weighted by Gasteiger charge is -2.14. The Kier molecular flexibility index (Phi) is 6.49. The van der Waals surface area contributed by atoms with E-state index in [0.29, 0.717) is 0 Å². The highest BCUT2D eigenvalue weighted by atomic mass is 35.5. The maximum absolute atomic E-state index is 14.7. The van der Waals surface area contributed by atoms with Crippen LogP contribution >= 0.6 is 24.0 Å². The van der Waals surface area contributed by atoms with Crippen LogP contribution in [-0.2, 0) is 4.79 Å². The second-order valence-corrected chi connectivity index (χ2v) is 6.10. The molecule has 140 valence electrons. The number of rotatable bonds is 3. The van der Waals surface area contributed by atoms with Gasteiger partial charge in [0.25, 0.3) is 0 Å². The molecule has 1 saturated heterocycles. The van der Waals surface area contributed by atoms with Gasteiger partial charge in [0.1, 0.15) is 6.17 Å². The first-order chi connectivity index (χ1) is 11.9. The summed E-state index contributed by atoms with van der Waals surface area (Å²) < 4.78 is 54.5. The molecule has 1 heterocycles. The third-order valence-corrected chi connectivity index (χ3v) is 4.26. The predicted octanol–water partition coefficient (Wildman–Crippen LogP) is 4.48. The van der Waals surface area contributed by atoms with Crippen LogP contribution in [0.5, 0.6) is 0 Å². The lowest BCUT2D eigenvalue weighted by atomic mass is 10.0. The van der Waals surface area contributed by atoms with E-state index in [-0.39, 0.29) is 47.2 Å². The van der Waals surface area contributed by atoms with Gasteiger partial charge in [-0.1, -0.05) is 23.7 Å². The number of alkyl halides is 1. The minimum Gasteiger partial charge on any atom is -0.322 e. The number of hydrogen-bond acceptors (Lipinski definition) is 2. The first kappa shape index (κ1) is 20.5. The van der Waals surface area contributed by atoms with Crippen molar-refractivity contribution in [2.45, 2.75) is 18.6 Å². The number of amides is 1. The number of halogens is 6. The summed E-state index contributed by atoms with van der Waals surface area (Å²) in [5, 5.41) is 4.90. The number of anilines is 1. The molecule has 3 nitrogen and oxygen atoms in total. The molecule has 1 amide bonds. The van der Waals surface area contributed by atoms with Crippen molar-refractivity contribution in [1.82, 2.24) is 5.32 Å². The number of carbonyl (C=O) groups excluding carboxylic acids is 1. The van der Waals surface area contributed by atoms with Crippen molar-refractivity contribution in [2.24, 2.45) is 0 Å². The summed E-state index contributed by atoms with van der Waals surface area (Å²) in [6.07, 6.45) is -1.13. The molecule has 2 aromatic rings.